The lowest BCUT2D eigenvalue weighted by Gasteiger charge is -2.46. The van der Waals surface area contributed by atoms with Crippen LogP contribution in [0.3, 0.4) is 0 Å². The lowest BCUT2D eigenvalue weighted by molar-refractivity contribution is -0.135. The molecule has 0 bridgehead atoms. The Kier molecular flexibility index (Phi) is 6.72. The number of rotatable bonds is 7. The molecule has 3 rings (SSSR count). The maximum absolute atomic E-state index is 12.5. The van der Waals surface area contributed by atoms with Crippen molar-refractivity contribution in [1.29, 1.82) is 0 Å². The minimum absolute atomic E-state index is 0.221. The number of esters is 1. The summed E-state index contributed by atoms with van der Waals surface area (Å²) in [5.74, 6) is 1.98. The van der Waals surface area contributed by atoms with Crippen molar-refractivity contribution in [2.24, 2.45) is 5.92 Å². The number of likely N-dealkylation sites (N-methyl/N-ethyl adjacent to an activating group) is 1. The van der Waals surface area contributed by atoms with Gasteiger partial charge in [0.05, 0.1) is 6.54 Å². The molecule has 0 N–H and O–H groups in total. The van der Waals surface area contributed by atoms with Crippen molar-refractivity contribution in [3.05, 3.63) is 34.9 Å². The number of benzene rings is 1. The molecule has 0 saturated heterocycles. The maximum Gasteiger partial charge on any atom is 0.325 e. The molecule has 160 valence electrons. The molecule has 0 aromatic heterocycles. The maximum atomic E-state index is 12.5. The number of unbranched alkanes of at least 4 members (excludes halogenated alkanes) is 2. The molecular weight excluding hydrogens is 362 g/mol. The molecule has 0 amide bonds. The average molecular weight is 400 g/mol. The molecule has 29 heavy (non-hydrogen) atoms. The lowest BCUT2D eigenvalue weighted by Crippen LogP contribution is -2.45. The number of aryl methyl sites for hydroxylation is 1. The molecule has 1 aromatic carbocycles. The van der Waals surface area contributed by atoms with Gasteiger partial charge in [0, 0.05) is 17.4 Å². The van der Waals surface area contributed by atoms with Crippen LogP contribution in [0.5, 0.6) is 11.5 Å². The Balaban J connectivity index is 2.04. The second kappa shape index (κ2) is 8.91. The van der Waals surface area contributed by atoms with E-state index >= 15 is 0 Å². The zero-order valence-corrected chi connectivity index (χ0v) is 19.0. The molecule has 2 aliphatic rings. The van der Waals surface area contributed by atoms with Gasteiger partial charge in [-0.25, -0.2) is 0 Å². The molecule has 4 nitrogen and oxygen atoms in total. The van der Waals surface area contributed by atoms with Gasteiger partial charge < -0.3 is 9.47 Å². The molecular formula is C25H37NO3. The molecule has 0 fully saturated rings. The molecule has 0 saturated carbocycles. The largest absolute Gasteiger partial charge is 0.487 e. The van der Waals surface area contributed by atoms with E-state index in [2.05, 4.69) is 45.9 Å². The summed E-state index contributed by atoms with van der Waals surface area (Å²) >= 11 is 0. The summed E-state index contributed by atoms with van der Waals surface area (Å²) in [6, 6.07) is 4.27. The van der Waals surface area contributed by atoms with Crippen molar-refractivity contribution in [3.8, 4) is 11.5 Å². The number of carbonyl (C=O) groups is 1. The van der Waals surface area contributed by atoms with Crippen LogP contribution in [0.15, 0.2) is 23.8 Å². The second-order valence-corrected chi connectivity index (χ2v) is 9.56. The number of allylic oxidation sites excluding steroid dienone is 2. The highest BCUT2D eigenvalue weighted by Crippen LogP contribution is 2.53. The number of fused-ring (bicyclic) bond motifs is 3. The summed E-state index contributed by atoms with van der Waals surface area (Å²) in [5.41, 5.74) is 3.42. The van der Waals surface area contributed by atoms with Crippen molar-refractivity contribution < 1.29 is 14.3 Å². The number of hydrogen-bond acceptors (Lipinski definition) is 4. The van der Waals surface area contributed by atoms with E-state index in [0.717, 1.165) is 37.0 Å². The molecule has 1 aromatic rings. The summed E-state index contributed by atoms with van der Waals surface area (Å²) in [6.45, 7) is 9.08. The average Bonchev–Trinajstić information content (AvgIpc) is 2.60. The van der Waals surface area contributed by atoms with E-state index < -0.39 is 0 Å². The van der Waals surface area contributed by atoms with Gasteiger partial charge in [-0.3, -0.25) is 9.69 Å². The summed E-state index contributed by atoms with van der Waals surface area (Å²) in [7, 11) is 3.76. The number of ether oxygens (including phenoxy) is 2. The Labute approximate surface area is 176 Å². The zero-order chi connectivity index (χ0) is 21.2. The van der Waals surface area contributed by atoms with Crippen LogP contribution < -0.4 is 9.47 Å². The van der Waals surface area contributed by atoms with Crippen LogP contribution in [0.2, 0.25) is 0 Å². The van der Waals surface area contributed by atoms with Crippen molar-refractivity contribution in [1.82, 2.24) is 4.90 Å². The normalized spacial score (nSPS) is 22.4. The van der Waals surface area contributed by atoms with Crippen molar-refractivity contribution in [3.63, 3.8) is 0 Å². The van der Waals surface area contributed by atoms with Gasteiger partial charge in [-0.05, 0) is 78.2 Å². The van der Waals surface area contributed by atoms with Gasteiger partial charge in [-0.2, -0.15) is 0 Å². The zero-order valence-electron chi connectivity index (χ0n) is 19.0. The highest BCUT2D eigenvalue weighted by molar-refractivity contribution is 5.75. The number of hydrogen-bond donors (Lipinski definition) is 0. The summed E-state index contributed by atoms with van der Waals surface area (Å²) in [4.78, 5) is 14.4. The predicted octanol–water partition coefficient (Wildman–Crippen LogP) is 5.50. The van der Waals surface area contributed by atoms with Crippen LogP contribution in [0.4, 0.5) is 0 Å². The van der Waals surface area contributed by atoms with Gasteiger partial charge in [0.1, 0.15) is 17.1 Å². The third-order valence-electron chi connectivity index (χ3n) is 6.25. The monoisotopic (exact) mass is 399 g/mol. The van der Waals surface area contributed by atoms with E-state index in [1.54, 1.807) is 0 Å². The van der Waals surface area contributed by atoms with Gasteiger partial charge >= 0.3 is 5.97 Å². The quantitative estimate of drug-likeness (QED) is 0.263. The van der Waals surface area contributed by atoms with Crippen molar-refractivity contribution in [2.75, 3.05) is 20.6 Å². The van der Waals surface area contributed by atoms with Gasteiger partial charge in [-0.15, -0.1) is 0 Å². The fourth-order valence-electron chi connectivity index (χ4n) is 4.78. The van der Waals surface area contributed by atoms with E-state index in [1.165, 1.54) is 24.0 Å². The van der Waals surface area contributed by atoms with Crippen LogP contribution >= 0.6 is 0 Å². The first-order valence-electron chi connectivity index (χ1n) is 11.1. The van der Waals surface area contributed by atoms with E-state index in [0.29, 0.717) is 11.7 Å². The van der Waals surface area contributed by atoms with Crippen LogP contribution in [-0.2, 0) is 11.2 Å². The highest BCUT2D eigenvalue weighted by Gasteiger charge is 2.45. The van der Waals surface area contributed by atoms with Crippen molar-refractivity contribution >= 4 is 5.97 Å². The highest BCUT2D eigenvalue weighted by atomic mass is 16.5. The van der Waals surface area contributed by atoms with Gasteiger partial charge in [-0.1, -0.05) is 31.4 Å². The standard InChI is InChI=1S/C25H37NO3/c1-7-8-9-10-18-14-21(28-23(27)16-26(5)6)24-19-13-17(2)11-12-20(19)25(3,4)29-22(24)15-18/h13-15,19-20H,7-12,16H2,1-6H3. The second-order valence-electron chi connectivity index (χ2n) is 9.56. The van der Waals surface area contributed by atoms with E-state index in [9.17, 15) is 4.79 Å². The molecule has 0 radical (unpaired) electrons. The number of carbonyl (C=O) groups excluding carboxylic acids is 1. The van der Waals surface area contributed by atoms with Gasteiger partial charge in [0.25, 0.3) is 0 Å². The van der Waals surface area contributed by atoms with E-state index in [-0.39, 0.29) is 24.0 Å². The Morgan fingerprint density at radius 3 is 2.72 bits per heavy atom. The summed E-state index contributed by atoms with van der Waals surface area (Å²) in [5, 5.41) is 0. The molecule has 1 aliphatic heterocycles. The third kappa shape index (κ3) is 5.03. The van der Waals surface area contributed by atoms with Crippen LogP contribution in [0.25, 0.3) is 0 Å². The number of nitrogens with zero attached hydrogens (tertiary/aromatic N) is 1. The van der Waals surface area contributed by atoms with Crippen molar-refractivity contribution in [2.45, 2.75) is 77.7 Å². The molecule has 1 heterocycles. The molecule has 4 heteroatoms. The third-order valence-corrected chi connectivity index (χ3v) is 6.25. The van der Waals surface area contributed by atoms with Crippen LogP contribution in [-0.4, -0.2) is 37.1 Å². The Bertz CT molecular complexity index is 779. The van der Waals surface area contributed by atoms with Crippen LogP contribution in [0, 0.1) is 5.92 Å². The minimum Gasteiger partial charge on any atom is -0.487 e. The Morgan fingerprint density at radius 2 is 2.03 bits per heavy atom. The summed E-state index contributed by atoms with van der Waals surface area (Å²) < 4.78 is 12.5. The molecule has 0 spiro atoms. The molecule has 2 atom stereocenters. The first-order valence-corrected chi connectivity index (χ1v) is 11.1. The van der Waals surface area contributed by atoms with Crippen LogP contribution in [0.1, 0.15) is 76.8 Å². The molecule has 1 aliphatic carbocycles. The van der Waals surface area contributed by atoms with E-state index in [1.807, 2.05) is 19.0 Å². The fraction of sp³-hybridized carbons (Fsp3) is 0.640. The Morgan fingerprint density at radius 1 is 1.28 bits per heavy atom. The summed E-state index contributed by atoms with van der Waals surface area (Å²) in [6.07, 6.45) is 9.08. The first kappa shape index (κ1) is 21.9. The topological polar surface area (TPSA) is 38.8 Å². The minimum atomic E-state index is -0.234. The predicted molar refractivity (Wildman–Crippen MR) is 118 cm³/mol. The van der Waals surface area contributed by atoms with Gasteiger partial charge in [0.2, 0.25) is 0 Å². The Hall–Kier alpha value is -1.81. The van der Waals surface area contributed by atoms with E-state index in [4.69, 9.17) is 9.47 Å². The molecule has 2 unspecified atom stereocenters. The van der Waals surface area contributed by atoms with Gasteiger partial charge in [0.15, 0.2) is 0 Å². The SMILES string of the molecule is CCCCCc1cc(OC(=O)CN(C)C)c2c(c1)OC(C)(C)C1CCC(C)=CC21. The smallest absolute Gasteiger partial charge is 0.325 e. The first-order chi connectivity index (χ1) is 13.7. The fourth-order valence-corrected chi connectivity index (χ4v) is 4.78. The lowest BCUT2D eigenvalue weighted by atomic mass is 9.68.